The molecule has 0 aromatic heterocycles. The Kier molecular flexibility index (Phi) is 1.12. The van der Waals surface area contributed by atoms with E-state index in [-0.39, 0.29) is 0 Å². The van der Waals surface area contributed by atoms with Crippen molar-refractivity contribution in [3.8, 4) is 6.07 Å². The van der Waals surface area contributed by atoms with Crippen molar-refractivity contribution in [1.29, 1.82) is 5.26 Å². The summed E-state index contributed by atoms with van der Waals surface area (Å²) in [5, 5.41) is 8.01. The van der Waals surface area contributed by atoms with Crippen LogP contribution in [0.5, 0.6) is 0 Å². The lowest BCUT2D eigenvalue weighted by atomic mass is 10.4. The van der Waals surface area contributed by atoms with Crippen molar-refractivity contribution in [1.82, 2.24) is 0 Å². The largest absolute Gasteiger partial charge is 0.193 e. The molecule has 36 valence electrons. The quantitative estimate of drug-likeness (QED) is 0.450. The van der Waals surface area contributed by atoms with Crippen molar-refractivity contribution in [2.24, 2.45) is 5.92 Å². The Hall–Kier alpha value is -0.770. The van der Waals surface area contributed by atoms with Crippen LogP contribution in [0.3, 0.4) is 0 Å². The summed E-state index contributed by atoms with van der Waals surface area (Å²) < 4.78 is 0. The van der Waals surface area contributed by atoms with Gasteiger partial charge in [-0.1, -0.05) is 6.08 Å². The Morgan fingerprint density at radius 2 is 2.29 bits per heavy atom. The second-order valence-corrected chi connectivity index (χ2v) is 1.83. The van der Waals surface area contributed by atoms with E-state index in [2.05, 4.69) is 0 Å². The van der Waals surface area contributed by atoms with Crippen LogP contribution in [0.25, 0.3) is 0 Å². The molecule has 1 aliphatic carbocycles. The molecule has 0 N–H and O–H groups in total. The van der Waals surface area contributed by atoms with E-state index in [1.54, 1.807) is 6.08 Å². The predicted octanol–water partition coefficient (Wildman–Crippen LogP) is 1.48. The van der Waals surface area contributed by atoms with E-state index in [9.17, 15) is 0 Å². The molecule has 0 saturated heterocycles. The molecule has 1 nitrogen and oxygen atoms in total. The molecular weight excluding hydrogens is 86.1 g/mol. The summed E-state index contributed by atoms with van der Waals surface area (Å²) in [6.07, 6.45) is 6.12. The highest BCUT2D eigenvalue weighted by Gasteiger charge is 2.16. The minimum absolute atomic E-state index is 0.750. The molecule has 0 heterocycles. The second-order valence-electron chi connectivity index (χ2n) is 1.83. The third-order valence-corrected chi connectivity index (χ3v) is 1.06. The first-order valence-electron chi connectivity index (χ1n) is 2.50. The molecule has 0 aromatic rings. The molecule has 0 aliphatic heterocycles. The number of rotatable bonds is 1. The average Bonchev–Trinajstić information content (AvgIpc) is 2.42. The monoisotopic (exact) mass is 93.1 g/mol. The fourth-order valence-corrected chi connectivity index (χ4v) is 0.468. The first-order chi connectivity index (χ1) is 3.43. The van der Waals surface area contributed by atoms with Gasteiger partial charge >= 0.3 is 0 Å². The Morgan fingerprint density at radius 3 is 2.71 bits per heavy atom. The molecule has 0 bridgehead atoms. The Balaban J connectivity index is 2.21. The first-order valence-corrected chi connectivity index (χ1v) is 2.50. The molecule has 1 saturated carbocycles. The number of allylic oxidation sites excluding steroid dienone is 2. The average molecular weight is 93.1 g/mol. The lowest BCUT2D eigenvalue weighted by Crippen LogP contribution is -1.56. The van der Waals surface area contributed by atoms with Crippen molar-refractivity contribution in [3.05, 3.63) is 12.2 Å². The predicted molar refractivity (Wildman–Crippen MR) is 27.5 cm³/mol. The fraction of sp³-hybridized carbons (Fsp3) is 0.500. The molecule has 0 atom stereocenters. The van der Waals surface area contributed by atoms with Gasteiger partial charge in [-0.3, -0.25) is 0 Å². The summed E-state index contributed by atoms with van der Waals surface area (Å²) in [4.78, 5) is 0. The van der Waals surface area contributed by atoms with Crippen LogP contribution in [0.2, 0.25) is 0 Å². The van der Waals surface area contributed by atoms with Crippen LogP contribution in [0.4, 0.5) is 0 Å². The number of nitriles is 1. The molecule has 7 heavy (non-hydrogen) atoms. The van der Waals surface area contributed by atoms with Crippen LogP contribution < -0.4 is 0 Å². The summed E-state index contributed by atoms with van der Waals surface area (Å²) >= 11 is 0. The van der Waals surface area contributed by atoms with Crippen molar-refractivity contribution in [2.45, 2.75) is 12.8 Å². The smallest absolute Gasteiger partial charge is 0.0908 e. The summed E-state index contributed by atoms with van der Waals surface area (Å²) in [6.45, 7) is 0. The molecule has 0 unspecified atom stereocenters. The van der Waals surface area contributed by atoms with Gasteiger partial charge in [0.2, 0.25) is 0 Å². The summed E-state index contributed by atoms with van der Waals surface area (Å²) in [7, 11) is 0. The van der Waals surface area contributed by atoms with Gasteiger partial charge in [-0.05, 0) is 18.8 Å². The van der Waals surface area contributed by atoms with Crippen molar-refractivity contribution in [2.75, 3.05) is 0 Å². The van der Waals surface area contributed by atoms with Gasteiger partial charge in [0.25, 0.3) is 0 Å². The van der Waals surface area contributed by atoms with Crippen molar-refractivity contribution in [3.63, 3.8) is 0 Å². The van der Waals surface area contributed by atoms with Crippen LogP contribution in [0.1, 0.15) is 12.8 Å². The van der Waals surface area contributed by atoms with Gasteiger partial charge in [0.15, 0.2) is 0 Å². The van der Waals surface area contributed by atoms with Crippen LogP contribution in [-0.2, 0) is 0 Å². The summed E-state index contributed by atoms with van der Waals surface area (Å²) in [5.41, 5.74) is 0. The summed E-state index contributed by atoms with van der Waals surface area (Å²) in [6, 6.07) is 1.96. The van der Waals surface area contributed by atoms with Crippen molar-refractivity contribution >= 4 is 0 Å². The minimum Gasteiger partial charge on any atom is -0.193 e. The first kappa shape index (κ1) is 4.39. The number of nitrogens with zero attached hydrogens (tertiary/aromatic N) is 1. The molecule has 0 amide bonds. The SMILES string of the molecule is N#C/C=C\C1CC1. The minimum atomic E-state index is 0.750. The molecule has 1 heteroatoms. The van der Waals surface area contributed by atoms with E-state index in [1.807, 2.05) is 12.1 Å². The highest BCUT2D eigenvalue weighted by atomic mass is 14.2. The highest BCUT2D eigenvalue weighted by Crippen LogP contribution is 2.29. The van der Waals surface area contributed by atoms with E-state index >= 15 is 0 Å². The Bertz CT molecular complexity index is 115. The van der Waals surface area contributed by atoms with Gasteiger partial charge in [-0.2, -0.15) is 5.26 Å². The van der Waals surface area contributed by atoms with Gasteiger partial charge in [0.05, 0.1) is 6.07 Å². The lowest BCUT2D eigenvalue weighted by Gasteiger charge is -1.67. The molecule has 0 spiro atoms. The zero-order valence-electron chi connectivity index (χ0n) is 4.09. The highest BCUT2D eigenvalue weighted by molar-refractivity contribution is 5.07. The maximum Gasteiger partial charge on any atom is 0.0908 e. The number of hydrogen-bond donors (Lipinski definition) is 0. The third-order valence-electron chi connectivity index (χ3n) is 1.06. The van der Waals surface area contributed by atoms with Gasteiger partial charge in [0, 0.05) is 6.08 Å². The topological polar surface area (TPSA) is 23.8 Å². The molecule has 1 rings (SSSR count). The molecule has 0 radical (unpaired) electrons. The van der Waals surface area contributed by atoms with Crippen LogP contribution >= 0.6 is 0 Å². The Labute approximate surface area is 43.3 Å². The number of hydrogen-bond acceptors (Lipinski definition) is 1. The fourth-order valence-electron chi connectivity index (χ4n) is 0.468. The van der Waals surface area contributed by atoms with E-state index in [0.29, 0.717) is 0 Å². The van der Waals surface area contributed by atoms with Gasteiger partial charge in [0.1, 0.15) is 0 Å². The van der Waals surface area contributed by atoms with E-state index in [0.717, 1.165) is 5.92 Å². The lowest BCUT2D eigenvalue weighted by molar-refractivity contribution is 1.12. The molecule has 1 fully saturated rings. The third kappa shape index (κ3) is 1.41. The maximum absolute atomic E-state index is 8.01. The molecule has 0 aromatic carbocycles. The normalized spacial score (nSPS) is 19.9. The van der Waals surface area contributed by atoms with Gasteiger partial charge in [-0.15, -0.1) is 0 Å². The molecular formula is C6H7N. The summed E-state index contributed by atoms with van der Waals surface area (Å²) in [5.74, 6) is 0.750. The van der Waals surface area contributed by atoms with Crippen LogP contribution in [-0.4, -0.2) is 0 Å². The van der Waals surface area contributed by atoms with E-state index < -0.39 is 0 Å². The van der Waals surface area contributed by atoms with Gasteiger partial charge < -0.3 is 0 Å². The van der Waals surface area contributed by atoms with Gasteiger partial charge in [-0.25, -0.2) is 0 Å². The van der Waals surface area contributed by atoms with Crippen molar-refractivity contribution < 1.29 is 0 Å². The molecule has 1 aliphatic rings. The second kappa shape index (κ2) is 1.79. The zero-order valence-corrected chi connectivity index (χ0v) is 4.09. The van der Waals surface area contributed by atoms with Crippen LogP contribution in [0, 0.1) is 17.2 Å². The van der Waals surface area contributed by atoms with E-state index in [4.69, 9.17) is 5.26 Å². The van der Waals surface area contributed by atoms with E-state index in [1.165, 1.54) is 12.8 Å². The maximum atomic E-state index is 8.01. The Morgan fingerprint density at radius 1 is 1.57 bits per heavy atom. The van der Waals surface area contributed by atoms with Crippen LogP contribution in [0.15, 0.2) is 12.2 Å². The standard InChI is InChI=1S/C6H7N/c7-5-1-2-6-3-4-6/h1-2,6H,3-4H2/b2-1-. The zero-order chi connectivity index (χ0) is 5.11.